The van der Waals surface area contributed by atoms with Gasteiger partial charge in [0.2, 0.25) is 5.76 Å². The molecule has 0 aliphatic carbocycles. The van der Waals surface area contributed by atoms with Crippen LogP contribution in [-0.2, 0) is 6.54 Å². The van der Waals surface area contributed by atoms with Gasteiger partial charge in [-0.05, 0) is 53.6 Å². The molecule has 0 fully saturated rings. The van der Waals surface area contributed by atoms with E-state index in [1.807, 2.05) is 59.6 Å². The Morgan fingerprint density at radius 3 is 2.38 bits per heavy atom. The lowest BCUT2D eigenvalue weighted by Crippen LogP contribution is -2.16. The molecule has 6 nitrogen and oxygen atoms in total. The summed E-state index contributed by atoms with van der Waals surface area (Å²) < 4.78 is 15.9. The zero-order valence-electron chi connectivity index (χ0n) is 17.5. The number of hydrogen-bond acceptors (Lipinski definition) is 6. The van der Waals surface area contributed by atoms with Crippen molar-refractivity contribution in [3.05, 3.63) is 114 Å². The molecular formula is C26H22N2O4. The Hall–Kier alpha value is -4.32. The number of hydrazone groups is 1. The molecular weight excluding hydrogens is 404 g/mol. The fraction of sp³-hybridized carbons (Fsp3) is 0.0769. The van der Waals surface area contributed by atoms with Crippen molar-refractivity contribution in [3.8, 4) is 11.5 Å². The summed E-state index contributed by atoms with van der Waals surface area (Å²) in [6.45, 7) is 0.622. The fourth-order valence-corrected chi connectivity index (χ4v) is 3.09. The summed E-state index contributed by atoms with van der Waals surface area (Å²) >= 11 is 0. The Balaban J connectivity index is 1.55. The summed E-state index contributed by atoms with van der Waals surface area (Å²) in [5, 5.41) is 6.62. The monoisotopic (exact) mass is 426 g/mol. The van der Waals surface area contributed by atoms with Crippen LogP contribution in [0.2, 0.25) is 0 Å². The second-order valence-electron chi connectivity index (χ2n) is 6.90. The number of furan rings is 1. The minimum atomic E-state index is -0.590. The smallest absolute Gasteiger partial charge is 0.379 e. The summed E-state index contributed by atoms with van der Waals surface area (Å²) in [6.07, 6.45) is 3.16. The zero-order chi connectivity index (χ0) is 22.2. The van der Waals surface area contributed by atoms with Gasteiger partial charge in [0.05, 0.1) is 31.8 Å². The predicted octanol–water partition coefficient (Wildman–Crippen LogP) is 5.55. The van der Waals surface area contributed by atoms with Crippen molar-refractivity contribution in [2.45, 2.75) is 6.54 Å². The number of ether oxygens (including phenoxy) is 2. The average Bonchev–Trinajstić information content (AvgIpc) is 3.39. The van der Waals surface area contributed by atoms with Crippen molar-refractivity contribution >= 4 is 17.9 Å². The molecule has 3 aromatic carbocycles. The number of anilines is 1. The van der Waals surface area contributed by atoms with Gasteiger partial charge < -0.3 is 13.9 Å². The highest BCUT2D eigenvalue weighted by molar-refractivity contribution is 5.89. The van der Waals surface area contributed by atoms with Crippen LogP contribution < -0.4 is 14.5 Å². The van der Waals surface area contributed by atoms with Gasteiger partial charge in [-0.2, -0.15) is 5.10 Å². The third kappa shape index (κ3) is 5.23. The third-order valence-electron chi connectivity index (χ3n) is 4.69. The van der Waals surface area contributed by atoms with Gasteiger partial charge in [-0.15, -0.1) is 0 Å². The van der Waals surface area contributed by atoms with E-state index in [-0.39, 0.29) is 5.76 Å². The molecule has 32 heavy (non-hydrogen) atoms. The van der Waals surface area contributed by atoms with Crippen LogP contribution in [0, 0.1) is 0 Å². The summed E-state index contributed by atoms with van der Waals surface area (Å²) in [5.74, 6) is 0.253. The van der Waals surface area contributed by atoms with Crippen molar-refractivity contribution in [3.63, 3.8) is 0 Å². The largest absolute Gasteiger partial charge is 0.493 e. The molecule has 1 aromatic heterocycles. The van der Waals surface area contributed by atoms with Gasteiger partial charge in [0.15, 0.2) is 11.5 Å². The maximum atomic E-state index is 12.2. The topological polar surface area (TPSA) is 64.3 Å². The molecule has 0 unspecified atom stereocenters. The molecule has 4 aromatic rings. The fourth-order valence-electron chi connectivity index (χ4n) is 3.09. The van der Waals surface area contributed by atoms with E-state index in [2.05, 4.69) is 12.1 Å². The molecule has 0 radical (unpaired) electrons. The van der Waals surface area contributed by atoms with Crippen LogP contribution in [0.15, 0.2) is 107 Å². The standard InChI is InChI=1S/C26H22N2O4/c1-30-25-17-21(14-15-23(25)32-26(29)24-13-8-16-31-24)18-27-28(22-11-6-3-7-12-22)19-20-9-4-2-5-10-20/h2-18H,19H2,1H3. The van der Waals surface area contributed by atoms with Crippen LogP contribution in [0.3, 0.4) is 0 Å². The van der Waals surface area contributed by atoms with Crippen LogP contribution >= 0.6 is 0 Å². The van der Waals surface area contributed by atoms with E-state index in [1.54, 1.807) is 30.5 Å². The molecule has 0 saturated heterocycles. The van der Waals surface area contributed by atoms with E-state index in [1.165, 1.54) is 13.4 Å². The Kier molecular flexibility index (Phi) is 6.63. The Bertz CT molecular complexity index is 1170. The van der Waals surface area contributed by atoms with Crippen LogP contribution in [0.1, 0.15) is 21.7 Å². The molecule has 6 heteroatoms. The molecule has 0 atom stereocenters. The van der Waals surface area contributed by atoms with E-state index in [9.17, 15) is 4.79 Å². The molecule has 0 amide bonds. The number of rotatable bonds is 8. The number of nitrogens with zero attached hydrogens (tertiary/aromatic N) is 2. The van der Waals surface area contributed by atoms with Gasteiger partial charge in [0.25, 0.3) is 0 Å². The van der Waals surface area contributed by atoms with Crippen molar-refractivity contribution in [2.75, 3.05) is 12.1 Å². The van der Waals surface area contributed by atoms with Gasteiger partial charge in [0.1, 0.15) is 0 Å². The molecule has 0 saturated carbocycles. The second-order valence-corrected chi connectivity index (χ2v) is 6.90. The highest BCUT2D eigenvalue weighted by Gasteiger charge is 2.15. The van der Waals surface area contributed by atoms with E-state index in [0.717, 1.165) is 16.8 Å². The van der Waals surface area contributed by atoms with Crippen LogP contribution in [-0.4, -0.2) is 19.3 Å². The molecule has 0 bridgehead atoms. The number of esters is 1. The third-order valence-corrected chi connectivity index (χ3v) is 4.69. The first kappa shape index (κ1) is 20.9. The van der Waals surface area contributed by atoms with E-state index in [0.29, 0.717) is 18.0 Å². The first-order valence-corrected chi connectivity index (χ1v) is 10.1. The Labute approximate surface area is 186 Å². The molecule has 4 rings (SSSR count). The maximum Gasteiger partial charge on any atom is 0.379 e. The summed E-state index contributed by atoms with van der Waals surface area (Å²) in [7, 11) is 1.52. The number of hydrogen-bond donors (Lipinski definition) is 0. The quantitative estimate of drug-likeness (QED) is 0.160. The van der Waals surface area contributed by atoms with Gasteiger partial charge >= 0.3 is 5.97 Å². The lowest BCUT2D eigenvalue weighted by atomic mass is 10.2. The van der Waals surface area contributed by atoms with Crippen LogP contribution in [0.4, 0.5) is 5.69 Å². The maximum absolute atomic E-state index is 12.2. The zero-order valence-corrected chi connectivity index (χ0v) is 17.5. The number of carbonyl (C=O) groups is 1. The molecule has 0 N–H and O–H groups in total. The lowest BCUT2D eigenvalue weighted by molar-refractivity contribution is 0.0696. The minimum Gasteiger partial charge on any atom is -0.493 e. The molecule has 1 heterocycles. The van der Waals surface area contributed by atoms with Crippen molar-refractivity contribution in [2.24, 2.45) is 5.10 Å². The van der Waals surface area contributed by atoms with Crippen molar-refractivity contribution in [1.82, 2.24) is 0 Å². The molecule has 0 aliphatic heterocycles. The molecule has 0 spiro atoms. The summed E-state index contributed by atoms with van der Waals surface area (Å²) in [5.41, 5.74) is 2.92. The van der Waals surface area contributed by atoms with Crippen molar-refractivity contribution < 1.29 is 18.7 Å². The van der Waals surface area contributed by atoms with E-state index in [4.69, 9.17) is 19.0 Å². The SMILES string of the molecule is COc1cc(C=NN(Cc2ccccc2)c2ccccc2)ccc1OC(=O)c1ccco1. The van der Waals surface area contributed by atoms with Gasteiger partial charge in [-0.1, -0.05) is 48.5 Å². The minimum absolute atomic E-state index is 0.122. The number of para-hydroxylation sites is 1. The second kappa shape index (κ2) is 10.1. The first-order valence-electron chi connectivity index (χ1n) is 10.1. The first-order chi connectivity index (χ1) is 15.7. The number of benzene rings is 3. The lowest BCUT2D eigenvalue weighted by Gasteiger charge is -2.19. The molecule has 0 aliphatic rings. The van der Waals surface area contributed by atoms with Gasteiger partial charge in [-0.25, -0.2) is 4.79 Å². The number of methoxy groups -OCH3 is 1. The highest BCUT2D eigenvalue weighted by atomic mass is 16.6. The van der Waals surface area contributed by atoms with Crippen molar-refractivity contribution in [1.29, 1.82) is 0 Å². The summed E-state index contributed by atoms with van der Waals surface area (Å²) in [6, 6.07) is 28.5. The van der Waals surface area contributed by atoms with E-state index < -0.39 is 5.97 Å². The predicted molar refractivity (Wildman–Crippen MR) is 123 cm³/mol. The number of carbonyl (C=O) groups excluding carboxylic acids is 1. The Morgan fingerprint density at radius 1 is 0.938 bits per heavy atom. The van der Waals surface area contributed by atoms with Gasteiger partial charge in [-0.3, -0.25) is 5.01 Å². The van der Waals surface area contributed by atoms with E-state index >= 15 is 0 Å². The summed E-state index contributed by atoms with van der Waals surface area (Å²) in [4.78, 5) is 12.2. The normalized spacial score (nSPS) is 10.8. The molecule has 160 valence electrons. The van der Waals surface area contributed by atoms with Crippen LogP contribution in [0.25, 0.3) is 0 Å². The van der Waals surface area contributed by atoms with Gasteiger partial charge in [0, 0.05) is 0 Å². The highest BCUT2D eigenvalue weighted by Crippen LogP contribution is 2.28. The Morgan fingerprint density at radius 2 is 1.69 bits per heavy atom. The average molecular weight is 426 g/mol. The van der Waals surface area contributed by atoms with Crippen LogP contribution in [0.5, 0.6) is 11.5 Å².